The number of hydrogen-bond acceptors (Lipinski definition) is 3. The summed E-state index contributed by atoms with van der Waals surface area (Å²) in [5.74, 6) is -0.0587. The molecule has 0 spiro atoms. The van der Waals surface area contributed by atoms with Gasteiger partial charge in [0.05, 0.1) is 5.92 Å². The summed E-state index contributed by atoms with van der Waals surface area (Å²) < 4.78 is 0. The van der Waals surface area contributed by atoms with Gasteiger partial charge in [0.1, 0.15) is 0 Å². The first-order chi connectivity index (χ1) is 9.45. The number of carbonyl (C=O) groups excluding carboxylic acids is 1. The highest BCUT2D eigenvalue weighted by Crippen LogP contribution is 2.28. The summed E-state index contributed by atoms with van der Waals surface area (Å²) in [6.07, 6.45) is 3.69. The van der Waals surface area contributed by atoms with E-state index in [0.717, 1.165) is 12.5 Å². The third-order valence-electron chi connectivity index (χ3n) is 4.13. The topological polar surface area (TPSA) is 69.6 Å². The molecule has 114 valence electrons. The summed E-state index contributed by atoms with van der Waals surface area (Å²) in [4.78, 5) is 25.2. The van der Waals surface area contributed by atoms with E-state index in [1.54, 1.807) is 4.90 Å². The van der Waals surface area contributed by atoms with Crippen LogP contribution in [0.4, 0.5) is 0 Å². The average molecular weight is 282 g/mol. The molecule has 20 heavy (non-hydrogen) atoms. The highest BCUT2D eigenvalue weighted by molar-refractivity contribution is 5.78. The molecule has 2 N–H and O–H groups in total. The zero-order chi connectivity index (χ0) is 14.7. The summed E-state index contributed by atoms with van der Waals surface area (Å²) in [7, 11) is 0. The molecular weight excluding hydrogens is 256 g/mol. The molecule has 1 aliphatic heterocycles. The second kappa shape index (κ2) is 6.57. The molecule has 0 aromatic heterocycles. The quantitative estimate of drug-likeness (QED) is 0.771. The Morgan fingerprint density at radius 3 is 2.55 bits per heavy atom. The maximum atomic E-state index is 12.2. The molecule has 1 heterocycles. The molecule has 2 aliphatic rings. The normalized spacial score (nSPS) is 26.9. The van der Waals surface area contributed by atoms with E-state index in [9.17, 15) is 14.7 Å². The maximum absolute atomic E-state index is 12.2. The Kier molecular flexibility index (Phi) is 5.02. The number of amides is 1. The van der Waals surface area contributed by atoms with E-state index in [1.807, 2.05) is 13.8 Å². The number of rotatable bonds is 6. The molecular formula is C15H26N2O3. The zero-order valence-electron chi connectivity index (χ0n) is 12.5. The zero-order valence-corrected chi connectivity index (χ0v) is 12.5. The molecule has 5 heteroatoms. The van der Waals surface area contributed by atoms with E-state index in [1.165, 1.54) is 12.8 Å². The summed E-state index contributed by atoms with van der Waals surface area (Å²) in [6, 6.07) is 0.126. The number of nitrogens with one attached hydrogen (secondary N) is 1. The van der Waals surface area contributed by atoms with Crippen LogP contribution >= 0.6 is 0 Å². The fraction of sp³-hybridized carbons (Fsp3) is 0.867. The lowest BCUT2D eigenvalue weighted by atomic mass is 9.93. The Bertz CT molecular complexity index is 366. The van der Waals surface area contributed by atoms with Crippen LogP contribution < -0.4 is 5.32 Å². The van der Waals surface area contributed by atoms with Crippen LogP contribution in [-0.4, -0.2) is 47.6 Å². The standard InChI is InChI=1S/C15H26N2O3/c1-10(2)5-14(18)17-8-12(15(19)20)6-13(9-17)16-7-11-3-4-11/h10-13,16H,3-9H2,1-2H3,(H,19,20). The van der Waals surface area contributed by atoms with Gasteiger partial charge in [-0.15, -0.1) is 0 Å². The Labute approximate surface area is 120 Å². The fourth-order valence-corrected chi connectivity index (χ4v) is 2.76. The molecule has 1 saturated heterocycles. The van der Waals surface area contributed by atoms with E-state index in [2.05, 4.69) is 5.32 Å². The van der Waals surface area contributed by atoms with Gasteiger partial charge in [-0.3, -0.25) is 9.59 Å². The molecule has 0 aromatic carbocycles. The van der Waals surface area contributed by atoms with Crippen LogP contribution in [0.3, 0.4) is 0 Å². The van der Waals surface area contributed by atoms with Gasteiger partial charge >= 0.3 is 5.97 Å². The largest absolute Gasteiger partial charge is 0.481 e. The van der Waals surface area contributed by atoms with E-state index < -0.39 is 11.9 Å². The van der Waals surface area contributed by atoms with Crippen LogP contribution in [0.2, 0.25) is 0 Å². The Morgan fingerprint density at radius 2 is 2.00 bits per heavy atom. The third kappa shape index (κ3) is 4.47. The van der Waals surface area contributed by atoms with E-state index in [0.29, 0.717) is 31.8 Å². The molecule has 0 bridgehead atoms. The Morgan fingerprint density at radius 1 is 1.30 bits per heavy atom. The van der Waals surface area contributed by atoms with Crippen molar-refractivity contribution in [1.82, 2.24) is 10.2 Å². The van der Waals surface area contributed by atoms with Crippen molar-refractivity contribution in [2.45, 2.75) is 45.6 Å². The summed E-state index contributed by atoms with van der Waals surface area (Å²) in [5.41, 5.74) is 0. The number of piperidine rings is 1. The van der Waals surface area contributed by atoms with Crippen molar-refractivity contribution >= 4 is 11.9 Å². The lowest BCUT2D eigenvalue weighted by Crippen LogP contribution is -2.53. The monoisotopic (exact) mass is 282 g/mol. The average Bonchev–Trinajstić information content (AvgIpc) is 3.19. The maximum Gasteiger partial charge on any atom is 0.308 e. The number of carboxylic acid groups (broad SMARTS) is 1. The van der Waals surface area contributed by atoms with E-state index in [4.69, 9.17) is 0 Å². The summed E-state index contributed by atoms with van der Waals surface area (Å²) >= 11 is 0. The molecule has 1 aliphatic carbocycles. The van der Waals surface area contributed by atoms with Crippen LogP contribution in [0.15, 0.2) is 0 Å². The number of carbonyl (C=O) groups is 2. The first kappa shape index (κ1) is 15.3. The Balaban J connectivity index is 1.91. The highest BCUT2D eigenvalue weighted by Gasteiger charge is 2.34. The molecule has 5 nitrogen and oxygen atoms in total. The molecule has 0 radical (unpaired) electrons. The molecule has 2 fully saturated rings. The highest BCUT2D eigenvalue weighted by atomic mass is 16.4. The van der Waals surface area contributed by atoms with Crippen LogP contribution in [-0.2, 0) is 9.59 Å². The van der Waals surface area contributed by atoms with Gasteiger partial charge in [-0.05, 0) is 37.6 Å². The fourth-order valence-electron chi connectivity index (χ4n) is 2.76. The van der Waals surface area contributed by atoms with Gasteiger partial charge in [0.25, 0.3) is 0 Å². The Hall–Kier alpha value is -1.10. The van der Waals surface area contributed by atoms with Crippen molar-refractivity contribution in [1.29, 1.82) is 0 Å². The predicted molar refractivity (Wildman–Crippen MR) is 76.3 cm³/mol. The van der Waals surface area contributed by atoms with Gasteiger partial charge in [-0.25, -0.2) is 0 Å². The first-order valence-electron chi connectivity index (χ1n) is 7.69. The van der Waals surface area contributed by atoms with Gasteiger partial charge in [-0.2, -0.15) is 0 Å². The lowest BCUT2D eigenvalue weighted by Gasteiger charge is -2.37. The second-order valence-electron chi connectivity index (χ2n) is 6.72. The summed E-state index contributed by atoms with van der Waals surface area (Å²) in [6.45, 7) is 6.01. The van der Waals surface area contributed by atoms with Crippen LogP contribution in [0, 0.1) is 17.8 Å². The van der Waals surface area contributed by atoms with Crippen molar-refractivity contribution in [3.05, 3.63) is 0 Å². The number of likely N-dealkylation sites (tertiary alicyclic amines) is 1. The van der Waals surface area contributed by atoms with Gasteiger partial charge in [-0.1, -0.05) is 13.8 Å². The molecule has 2 atom stereocenters. The number of carboxylic acids is 1. The van der Waals surface area contributed by atoms with Gasteiger partial charge in [0.15, 0.2) is 0 Å². The van der Waals surface area contributed by atoms with Crippen LogP contribution in [0.1, 0.15) is 39.5 Å². The first-order valence-corrected chi connectivity index (χ1v) is 7.69. The number of nitrogens with zero attached hydrogens (tertiary/aromatic N) is 1. The minimum Gasteiger partial charge on any atom is -0.481 e. The minimum atomic E-state index is -0.787. The predicted octanol–water partition coefficient (Wildman–Crippen LogP) is 1.33. The molecule has 2 unspecified atom stereocenters. The van der Waals surface area contributed by atoms with Crippen LogP contribution in [0.5, 0.6) is 0 Å². The number of hydrogen-bond donors (Lipinski definition) is 2. The molecule has 2 rings (SSSR count). The van der Waals surface area contributed by atoms with Gasteiger partial charge in [0.2, 0.25) is 5.91 Å². The molecule has 0 aromatic rings. The smallest absolute Gasteiger partial charge is 0.308 e. The second-order valence-corrected chi connectivity index (χ2v) is 6.72. The lowest BCUT2D eigenvalue weighted by molar-refractivity contribution is -0.146. The number of aliphatic carboxylic acids is 1. The summed E-state index contributed by atoms with van der Waals surface area (Å²) in [5, 5.41) is 12.7. The van der Waals surface area contributed by atoms with Crippen molar-refractivity contribution < 1.29 is 14.7 Å². The van der Waals surface area contributed by atoms with Crippen molar-refractivity contribution in [3.63, 3.8) is 0 Å². The minimum absolute atomic E-state index is 0.0872. The van der Waals surface area contributed by atoms with E-state index >= 15 is 0 Å². The molecule has 1 saturated carbocycles. The van der Waals surface area contributed by atoms with Gasteiger partial charge < -0.3 is 15.3 Å². The van der Waals surface area contributed by atoms with Crippen molar-refractivity contribution in [3.8, 4) is 0 Å². The van der Waals surface area contributed by atoms with E-state index in [-0.39, 0.29) is 11.9 Å². The third-order valence-corrected chi connectivity index (χ3v) is 4.13. The van der Waals surface area contributed by atoms with Crippen molar-refractivity contribution in [2.24, 2.45) is 17.8 Å². The SMILES string of the molecule is CC(C)CC(=O)N1CC(NCC2CC2)CC(C(=O)O)C1. The van der Waals surface area contributed by atoms with Crippen LogP contribution in [0.25, 0.3) is 0 Å². The van der Waals surface area contributed by atoms with Gasteiger partial charge in [0, 0.05) is 25.6 Å². The van der Waals surface area contributed by atoms with Crippen molar-refractivity contribution in [2.75, 3.05) is 19.6 Å². The molecule has 1 amide bonds.